The Balaban J connectivity index is 1.82. The van der Waals surface area contributed by atoms with E-state index < -0.39 is 12.6 Å². The largest absolute Gasteiger partial charge is 0.459 e. The summed E-state index contributed by atoms with van der Waals surface area (Å²) in [6.45, 7) is -1.97. The van der Waals surface area contributed by atoms with E-state index in [1.165, 1.54) is 24.3 Å². The maximum Gasteiger partial charge on any atom is 0.387 e. The fourth-order valence-corrected chi connectivity index (χ4v) is 1.96. The molecule has 0 amide bonds. The lowest BCUT2D eigenvalue weighted by atomic mass is 10.1. The van der Waals surface area contributed by atoms with Crippen molar-refractivity contribution in [3.8, 4) is 5.75 Å². The molecule has 20 heavy (non-hydrogen) atoms. The van der Waals surface area contributed by atoms with Gasteiger partial charge in [-0.25, -0.2) is 4.79 Å². The molecule has 0 bridgehead atoms. The minimum atomic E-state index is -2.88. The van der Waals surface area contributed by atoms with Crippen LogP contribution in [-0.4, -0.2) is 31.9 Å². The molecule has 0 aliphatic carbocycles. The fourth-order valence-electron chi connectivity index (χ4n) is 1.96. The molecule has 6 heteroatoms. The number of halogens is 2. The highest BCUT2D eigenvalue weighted by Gasteiger charge is 2.17. The molecule has 1 aromatic carbocycles. The molecule has 0 spiro atoms. The van der Waals surface area contributed by atoms with E-state index in [4.69, 9.17) is 9.47 Å². The van der Waals surface area contributed by atoms with E-state index in [2.05, 4.69) is 4.74 Å². The zero-order chi connectivity index (χ0) is 14.4. The number of hydrogen-bond acceptors (Lipinski definition) is 4. The molecule has 1 aliphatic heterocycles. The Bertz CT molecular complexity index is 427. The molecule has 1 fully saturated rings. The summed E-state index contributed by atoms with van der Waals surface area (Å²) in [5, 5.41) is 0. The first-order valence-electron chi connectivity index (χ1n) is 6.49. The Kier molecular flexibility index (Phi) is 5.29. The van der Waals surface area contributed by atoms with Crippen molar-refractivity contribution in [1.29, 1.82) is 0 Å². The number of alkyl halides is 2. The summed E-state index contributed by atoms with van der Waals surface area (Å²) < 4.78 is 38.7. The molecule has 1 atom stereocenters. The maximum absolute atomic E-state index is 12.0. The number of rotatable bonds is 5. The lowest BCUT2D eigenvalue weighted by Crippen LogP contribution is -2.25. The number of esters is 1. The van der Waals surface area contributed by atoms with Gasteiger partial charge in [0, 0.05) is 6.61 Å². The summed E-state index contributed by atoms with van der Waals surface area (Å²) in [7, 11) is 0. The monoisotopic (exact) mass is 286 g/mol. The number of carbonyl (C=O) groups is 1. The fraction of sp³-hybridized carbons (Fsp3) is 0.500. The van der Waals surface area contributed by atoms with Crippen LogP contribution in [0.1, 0.15) is 29.6 Å². The minimum absolute atomic E-state index is 0.00663. The molecule has 0 aromatic heterocycles. The third-order valence-electron chi connectivity index (χ3n) is 2.99. The van der Waals surface area contributed by atoms with Crippen molar-refractivity contribution in [2.24, 2.45) is 0 Å². The average Bonchev–Trinajstić information content (AvgIpc) is 2.46. The van der Waals surface area contributed by atoms with E-state index in [-0.39, 0.29) is 18.5 Å². The van der Waals surface area contributed by atoms with E-state index in [0.717, 1.165) is 19.3 Å². The molecule has 2 rings (SSSR count). The second-order valence-electron chi connectivity index (χ2n) is 4.49. The summed E-state index contributed by atoms with van der Waals surface area (Å²) in [4.78, 5) is 11.8. The van der Waals surface area contributed by atoms with E-state index in [0.29, 0.717) is 12.2 Å². The van der Waals surface area contributed by atoms with Crippen LogP contribution < -0.4 is 4.74 Å². The summed E-state index contributed by atoms with van der Waals surface area (Å²) in [6.07, 6.45) is 2.95. The minimum Gasteiger partial charge on any atom is -0.459 e. The van der Waals surface area contributed by atoms with Gasteiger partial charge >= 0.3 is 12.6 Å². The molecule has 0 N–H and O–H groups in total. The van der Waals surface area contributed by atoms with Gasteiger partial charge in [-0.05, 0) is 43.5 Å². The number of hydrogen-bond donors (Lipinski definition) is 0. The molecular weight excluding hydrogens is 270 g/mol. The summed E-state index contributed by atoms with van der Waals surface area (Å²) >= 11 is 0. The molecule has 1 aliphatic rings. The Labute approximate surface area is 115 Å². The van der Waals surface area contributed by atoms with Crippen LogP contribution in [0.15, 0.2) is 24.3 Å². The molecule has 110 valence electrons. The third kappa shape index (κ3) is 4.45. The van der Waals surface area contributed by atoms with Crippen LogP contribution in [0.5, 0.6) is 5.75 Å². The highest BCUT2D eigenvalue weighted by Crippen LogP contribution is 2.17. The number of benzene rings is 1. The van der Waals surface area contributed by atoms with Gasteiger partial charge in [0.1, 0.15) is 12.4 Å². The van der Waals surface area contributed by atoms with Crippen LogP contribution in [0.3, 0.4) is 0 Å². The van der Waals surface area contributed by atoms with Crippen molar-refractivity contribution >= 4 is 5.97 Å². The highest BCUT2D eigenvalue weighted by atomic mass is 19.3. The average molecular weight is 286 g/mol. The van der Waals surface area contributed by atoms with E-state index in [9.17, 15) is 13.6 Å². The van der Waals surface area contributed by atoms with Crippen molar-refractivity contribution in [3.05, 3.63) is 29.8 Å². The van der Waals surface area contributed by atoms with E-state index in [1.54, 1.807) is 0 Å². The van der Waals surface area contributed by atoms with Gasteiger partial charge in [-0.1, -0.05) is 0 Å². The van der Waals surface area contributed by atoms with Crippen molar-refractivity contribution in [2.45, 2.75) is 32.0 Å². The third-order valence-corrected chi connectivity index (χ3v) is 2.99. The number of carbonyl (C=O) groups excluding carboxylic acids is 1. The van der Waals surface area contributed by atoms with Gasteiger partial charge in [-0.2, -0.15) is 8.78 Å². The van der Waals surface area contributed by atoms with Gasteiger partial charge < -0.3 is 14.2 Å². The maximum atomic E-state index is 12.0. The van der Waals surface area contributed by atoms with Gasteiger partial charge in [0.25, 0.3) is 0 Å². The lowest BCUT2D eigenvalue weighted by molar-refractivity contribution is -0.0498. The van der Waals surface area contributed by atoms with Crippen molar-refractivity contribution < 1.29 is 27.8 Å². The topological polar surface area (TPSA) is 44.8 Å². The van der Waals surface area contributed by atoms with Gasteiger partial charge in [-0.15, -0.1) is 0 Å². The predicted octanol–water partition coefficient (Wildman–Crippen LogP) is 3.01. The molecule has 1 saturated heterocycles. The Morgan fingerprint density at radius 3 is 2.65 bits per heavy atom. The first-order chi connectivity index (χ1) is 9.65. The van der Waals surface area contributed by atoms with Crippen LogP contribution in [0.4, 0.5) is 8.78 Å². The van der Waals surface area contributed by atoms with Crippen LogP contribution >= 0.6 is 0 Å². The van der Waals surface area contributed by atoms with Gasteiger partial charge in [0.15, 0.2) is 0 Å². The predicted molar refractivity (Wildman–Crippen MR) is 66.9 cm³/mol. The standard InChI is InChI=1S/C14H16F2O4/c15-14(16)20-11-6-4-10(5-7-11)13(17)19-9-12-3-1-2-8-18-12/h4-7,12,14H,1-3,8-9H2. The molecule has 1 aromatic rings. The Hall–Kier alpha value is -1.69. The number of ether oxygens (including phenoxy) is 3. The zero-order valence-electron chi connectivity index (χ0n) is 10.9. The van der Waals surface area contributed by atoms with Gasteiger partial charge in [-0.3, -0.25) is 0 Å². The highest BCUT2D eigenvalue weighted by molar-refractivity contribution is 5.89. The molecule has 0 saturated carbocycles. The summed E-state index contributed by atoms with van der Waals surface area (Å²) in [6, 6.07) is 5.39. The zero-order valence-corrected chi connectivity index (χ0v) is 10.9. The van der Waals surface area contributed by atoms with Crippen molar-refractivity contribution in [3.63, 3.8) is 0 Å². The van der Waals surface area contributed by atoms with Crippen molar-refractivity contribution in [1.82, 2.24) is 0 Å². The second-order valence-corrected chi connectivity index (χ2v) is 4.49. The molecule has 4 nitrogen and oxygen atoms in total. The van der Waals surface area contributed by atoms with Gasteiger partial charge in [0.2, 0.25) is 0 Å². The van der Waals surface area contributed by atoms with Crippen LogP contribution in [0.2, 0.25) is 0 Å². The normalized spacial score (nSPS) is 18.9. The van der Waals surface area contributed by atoms with Crippen LogP contribution in [0, 0.1) is 0 Å². The summed E-state index contributed by atoms with van der Waals surface area (Å²) in [5.74, 6) is -0.491. The Morgan fingerprint density at radius 2 is 2.05 bits per heavy atom. The molecule has 1 heterocycles. The SMILES string of the molecule is O=C(OCC1CCCCO1)c1ccc(OC(F)F)cc1. The van der Waals surface area contributed by atoms with Crippen LogP contribution in [0.25, 0.3) is 0 Å². The van der Waals surface area contributed by atoms with Crippen LogP contribution in [-0.2, 0) is 9.47 Å². The van der Waals surface area contributed by atoms with Crippen molar-refractivity contribution in [2.75, 3.05) is 13.2 Å². The lowest BCUT2D eigenvalue weighted by Gasteiger charge is -2.22. The van der Waals surface area contributed by atoms with E-state index >= 15 is 0 Å². The summed E-state index contributed by atoms with van der Waals surface area (Å²) in [5.41, 5.74) is 0.294. The first kappa shape index (κ1) is 14.7. The smallest absolute Gasteiger partial charge is 0.387 e. The molecule has 1 unspecified atom stereocenters. The first-order valence-corrected chi connectivity index (χ1v) is 6.49. The molecular formula is C14H16F2O4. The van der Waals surface area contributed by atoms with E-state index in [1.807, 2.05) is 0 Å². The Morgan fingerprint density at radius 1 is 1.30 bits per heavy atom. The van der Waals surface area contributed by atoms with Gasteiger partial charge in [0.05, 0.1) is 11.7 Å². The molecule has 0 radical (unpaired) electrons. The second kappa shape index (κ2) is 7.19. The quantitative estimate of drug-likeness (QED) is 0.780.